The summed E-state index contributed by atoms with van der Waals surface area (Å²) in [4.78, 5) is 0. The molecule has 7 nitrogen and oxygen atoms in total. The van der Waals surface area contributed by atoms with Crippen LogP contribution in [0, 0.1) is 11.2 Å². The van der Waals surface area contributed by atoms with Gasteiger partial charge in [-0.15, -0.1) is 0 Å². The number of aromatic nitrogens is 2. The molecule has 1 aromatic carbocycles. The van der Waals surface area contributed by atoms with Gasteiger partial charge in [0.15, 0.2) is 0 Å². The third kappa shape index (κ3) is 5.06. The lowest BCUT2D eigenvalue weighted by Crippen LogP contribution is -2.52. The number of rotatable bonds is 10. The smallest absolute Gasteiger partial charge is 0.214 e. The highest BCUT2D eigenvalue weighted by atomic mass is 32.2. The number of methoxy groups -OCH3 is 1. The zero-order valence-electron chi connectivity index (χ0n) is 19.3. The van der Waals surface area contributed by atoms with Crippen molar-refractivity contribution < 1.29 is 22.3 Å². The molecular formula is C24H32FN3O4S. The first-order chi connectivity index (χ1) is 15.9. The van der Waals surface area contributed by atoms with Gasteiger partial charge in [-0.25, -0.2) is 21.8 Å². The average molecular weight is 478 g/mol. The molecule has 2 heterocycles. The van der Waals surface area contributed by atoms with Gasteiger partial charge in [0.05, 0.1) is 43.2 Å². The number of piperidine rings is 1. The number of sulfonamides is 1. The molecule has 0 radical (unpaired) electrons. The van der Waals surface area contributed by atoms with Crippen LogP contribution in [0.5, 0.6) is 0 Å². The lowest BCUT2D eigenvalue weighted by Gasteiger charge is -2.46. The molecule has 1 aromatic heterocycles. The van der Waals surface area contributed by atoms with Gasteiger partial charge in [0, 0.05) is 25.6 Å². The molecule has 1 fully saturated rings. The normalized spacial score (nSPS) is 20.9. The molecule has 1 aliphatic carbocycles. The zero-order valence-corrected chi connectivity index (χ0v) is 20.1. The van der Waals surface area contributed by atoms with E-state index in [1.807, 2.05) is 17.8 Å². The molecule has 1 atom stereocenters. The van der Waals surface area contributed by atoms with Gasteiger partial charge < -0.3 is 9.47 Å². The van der Waals surface area contributed by atoms with E-state index in [0.29, 0.717) is 52.2 Å². The highest BCUT2D eigenvalue weighted by molar-refractivity contribution is 7.89. The largest absolute Gasteiger partial charge is 0.382 e. The molecular weight excluding hydrogens is 445 g/mol. The van der Waals surface area contributed by atoms with E-state index in [1.54, 1.807) is 23.5 Å². The maximum absolute atomic E-state index is 13.4. The van der Waals surface area contributed by atoms with E-state index in [2.05, 4.69) is 11.2 Å². The summed E-state index contributed by atoms with van der Waals surface area (Å²) in [6.45, 7) is 4.23. The highest BCUT2D eigenvalue weighted by Crippen LogP contribution is 2.45. The second-order valence-electron chi connectivity index (χ2n) is 8.87. The minimum atomic E-state index is -3.32. The quantitative estimate of drug-likeness (QED) is 0.490. The topological polar surface area (TPSA) is 73.7 Å². The van der Waals surface area contributed by atoms with Crippen molar-refractivity contribution in [2.75, 3.05) is 45.8 Å². The van der Waals surface area contributed by atoms with Crippen LogP contribution in [0.4, 0.5) is 4.39 Å². The van der Waals surface area contributed by atoms with Crippen LogP contribution in [0.25, 0.3) is 11.8 Å². The lowest BCUT2D eigenvalue weighted by atomic mass is 9.69. The van der Waals surface area contributed by atoms with Crippen LogP contribution in [0.3, 0.4) is 0 Å². The molecule has 1 aliphatic heterocycles. The Morgan fingerprint density at radius 1 is 1.21 bits per heavy atom. The van der Waals surface area contributed by atoms with E-state index < -0.39 is 15.4 Å². The summed E-state index contributed by atoms with van der Waals surface area (Å²) in [5.41, 5.74) is 3.53. The van der Waals surface area contributed by atoms with Crippen molar-refractivity contribution in [3.8, 4) is 5.69 Å². The predicted octanol–water partition coefficient (Wildman–Crippen LogP) is 3.44. The first kappa shape index (κ1) is 24.1. The Bertz CT molecular complexity index is 1100. The van der Waals surface area contributed by atoms with E-state index >= 15 is 0 Å². The van der Waals surface area contributed by atoms with Gasteiger partial charge in [-0.1, -0.05) is 18.9 Å². The van der Waals surface area contributed by atoms with E-state index in [1.165, 1.54) is 17.7 Å². The van der Waals surface area contributed by atoms with Crippen LogP contribution in [-0.4, -0.2) is 68.3 Å². The van der Waals surface area contributed by atoms with Crippen molar-refractivity contribution >= 4 is 16.1 Å². The third-order valence-electron chi connectivity index (χ3n) is 6.55. The van der Waals surface area contributed by atoms with Crippen molar-refractivity contribution in [1.82, 2.24) is 14.1 Å². The summed E-state index contributed by atoms with van der Waals surface area (Å²) in [7, 11) is -1.69. The van der Waals surface area contributed by atoms with Gasteiger partial charge in [-0.2, -0.15) is 5.10 Å². The van der Waals surface area contributed by atoms with Crippen molar-refractivity contribution in [2.24, 2.45) is 5.41 Å². The van der Waals surface area contributed by atoms with Crippen LogP contribution >= 0.6 is 0 Å². The molecule has 0 N–H and O–H groups in total. The summed E-state index contributed by atoms with van der Waals surface area (Å²) in [6.07, 6.45) is 6.75. The lowest BCUT2D eigenvalue weighted by molar-refractivity contribution is 0.0147. The number of fused-ring (bicyclic) bond motifs is 2. The Morgan fingerprint density at radius 3 is 2.73 bits per heavy atom. The van der Waals surface area contributed by atoms with E-state index in [4.69, 9.17) is 9.47 Å². The molecule has 1 saturated heterocycles. The number of nitrogens with zero attached hydrogens (tertiary/aromatic N) is 3. The summed E-state index contributed by atoms with van der Waals surface area (Å²) < 4.78 is 54.0. The molecule has 0 spiro atoms. The first-order valence-electron chi connectivity index (χ1n) is 11.5. The summed E-state index contributed by atoms with van der Waals surface area (Å²) >= 11 is 0. The second kappa shape index (κ2) is 10.0. The van der Waals surface area contributed by atoms with Gasteiger partial charge in [-0.3, -0.25) is 0 Å². The van der Waals surface area contributed by atoms with Crippen molar-refractivity contribution in [3.05, 3.63) is 53.1 Å². The number of halogens is 1. The minimum absolute atomic E-state index is 0.177. The summed E-state index contributed by atoms with van der Waals surface area (Å²) in [6, 6.07) is 6.26. The van der Waals surface area contributed by atoms with Crippen LogP contribution in [0.1, 0.15) is 37.4 Å². The summed E-state index contributed by atoms with van der Waals surface area (Å²) in [5, 5.41) is 4.56. The molecule has 33 heavy (non-hydrogen) atoms. The molecule has 9 heteroatoms. The number of benzene rings is 1. The number of hydrogen-bond acceptors (Lipinski definition) is 5. The van der Waals surface area contributed by atoms with Crippen LogP contribution < -0.4 is 0 Å². The second-order valence-corrected chi connectivity index (χ2v) is 11.0. The van der Waals surface area contributed by atoms with Gasteiger partial charge >= 0.3 is 0 Å². The van der Waals surface area contributed by atoms with Crippen LogP contribution in [0.2, 0.25) is 0 Å². The summed E-state index contributed by atoms with van der Waals surface area (Å²) in [5.74, 6) is -0.112. The number of unbranched alkanes of at least 4 members (excludes halogenated alkanes) is 1. The van der Waals surface area contributed by atoms with Gasteiger partial charge in [0.2, 0.25) is 10.0 Å². The molecule has 0 amide bonds. The average Bonchev–Trinajstić information content (AvgIpc) is 3.21. The standard InChI is InChI=1S/C24H32FN3O4S/c1-3-4-13-33(29,30)27-10-9-20-14-23-19(15-24(20,17-27)18-32-12-11-31-2)16-26-28(23)22-7-5-21(25)6-8-22/h5-8,14,16H,3-4,9-13,15,17-18H2,1-2H3. The Balaban J connectivity index is 1.65. The molecule has 4 rings (SSSR count). The Morgan fingerprint density at radius 2 is 2.00 bits per heavy atom. The highest BCUT2D eigenvalue weighted by Gasteiger charge is 2.45. The molecule has 180 valence electrons. The first-order valence-corrected chi connectivity index (χ1v) is 13.1. The van der Waals surface area contributed by atoms with Crippen LogP contribution in [-0.2, 0) is 25.9 Å². The molecule has 0 bridgehead atoms. The monoisotopic (exact) mass is 477 g/mol. The molecule has 2 aliphatic rings. The molecule has 1 unspecified atom stereocenters. The van der Waals surface area contributed by atoms with Crippen LogP contribution in [0.15, 0.2) is 36.0 Å². The van der Waals surface area contributed by atoms with Crippen molar-refractivity contribution in [1.29, 1.82) is 0 Å². The fraction of sp³-hybridized carbons (Fsp3) is 0.542. The molecule has 2 aromatic rings. The minimum Gasteiger partial charge on any atom is -0.382 e. The van der Waals surface area contributed by atoms with Crippen molar-refractivity contribution in [2.45, 2.75) is 32.6 Å². The third-order valence-corrected chi connectivity index (χ3v) is 8.45. The number of ether oxygens (including phenoxy) is 2. The van der Waals surface area contributed by atoms with E-state index in [-0.39, 0.29) is 11.6 Å². The molecule has 0 saturated carbocycles. The fourth-order valence-corrected chi connectivity index (χ4v) is 6.44. The van der Waals surface area contributed by atoms with Gasteiger partial charge in [-0.05, 0) is 55.2 Å². The zero-order chi connectivity index (χ0) is 23.5. The van der Waals surface area contributed by atoms with E-state index in [0.717, 1.165) is 23.4 Å². The number of hydrogen-bond donors (Lipinski definition) is 0. The SMILES string of the molecule is CCCCS(=O)(=O)N1CCC2=Cc3c(cnn3-c3ccc(F)cc3)CC2(COCCOC)C1. The van der Waals surface area contributed by atoms with Gasteiger partial charge in [0.25, 0.3) is 0 Å². The van der Waals surface area contributed by atoms with Crippen molar-refractivity contribution in [3.63, 3.8) is 0 Å². The fourth-order valence-electron chi connectivity index (χ4n) is 4.72. The Labute approximate surface area is 195 Å². The van der Waals surface area contributed by atoms with E-state index in [9.17, 15) is 12.8 Å². The Kier molecular flexibility index (Phi) is 7.33. The maximum Gasteiger partial charge on any atom is 0.214 e. The predicted molar refractivity (Wildman–Crippen MR) is 125 cm³/mol. The maximum atomic E-state index is 13.4. The van der Waals surface area contributed by atoms with Gasteiger partial charge in [0.1, 0.15) is 5.82 Å². The Hall–Kier alpha value is -2.07.